The predicted molar refractivity (Wildman–Crippen MR) is 75.8 cm³/mol. The largest absolute Gasteiger partial charge is 0.378 e. The Labute approximate surface area is 117 Å². The van der Waals surface area contributed by atoms with Crippen molar-refractivity contribution in [2.45, 2.75) is 40.3 Å². The lowest BCUT2D eigenvalue weighted by Crippen LogP contribution is -2.09. The van der Waals surface area contributed by atoms with Gasteiger partial charge in [-0.25, -0.2) is 8.78 Å². The second-order valence-electron chi connectivity index (χ2n) is 4.92. The van der Waals surface area contributed by atoms with Gasteiger partial charge in [-0.1, -0.05) is 0 Å². The fourth-order valence-electron chi connectivity index (χ4n) is 2.60. The maximum absolute atomic E-state index is 13.2. The van der Waals surface area contributed by atoms with Crippen LogP contribution in [-0.2, 0) is 6.54 Å². The van der Waals surface area contributed by atoms with E-state index < -0.39 is 11.6 Å². The summed E-state index contributed by atoms with van der Waals surface area (Å²) in [5.41, 5.74) is 3.50. The molecule has 0 aliphatic heterocycles. The number of hydrogen-bond donors (Lipinski definition) is 1. The lowest BCUT2D eigenvalue weighted by atomic mass is 10.1. The highest BCUT2D eigenvalue weighted by Gasteiger charge is 2.17. The molecule has 1 N–H and O–H groups in total. The van der Waals surface area contributed by atoms with E-state index in [1.54, 1.807) is 0 Å². The first-order valence-electron chi connectivity index (χ1n) is 6.69. The van der Waals surface area contributed by atoms with Gasteiger partial charge in [0.15, 0.2) is 0 Å². The maximum atomic E-state index is 13.2. The number of rotatable bonds is 4. The summed E-state index contributed by atoms with van der Waals surface area (Å²) in [5.74, 6) is -1.17. The molecule has 0 aliphatic carbocycles. The third-order valence-corrected chi connectivity index (χ3v) is 3.42. The number of nitrogens with zero attached hydrogens (tertiary/aromatic N) is 2. The fraction of sp³-hybridized carbons (Fsp3) is 0.400. The van der Waals surface area contributed by atoms with Crippen molar-refractivity contribution in [2.75, 3.05) is 5.32 Å². The van der Waals surface area contributed by atoms with Crippen LogP contribution in [0.1, 0.15) is 36.8 Å². The van der Waals surface area contributed by atoms with Gasteiger partial charge < -0.3 is 5.32 Å². The molecule has 0 fully saturated rings. The molecule has 5 heteroatoms. The Morgan fingerprint density at radius 3 is 2.30 bits per heavy atom. The van der Waals surface area contributed by atoms with Gasteiger partial charge in [0.05, 0.1) is 11.7 Å². The third kappa shape index (κ3) is 2.81. The Morgan fingerprint density at radius 1 is 1.20 bits per heavy atom. The van der Waals surface area contributed by atoms with Gasteiger partial charge in [-0.2, -0.15) is 5.10 Å². The average Bonchev–Trinajstić information content (AvgIpc) is 2.62. The lowest BCUT2D eigenvalue weighted by Gasteiger charge is -2.16. The van der Waals surface area contributed by atoms with Crippen molar-refractivity contribution in [2.24, 2.45) is 0 Å². The highest BCUT2D eigenvalue weighted by molar-refractivity contribution is 5.47. The van der Waals surface area contributed by atoms with E-state index in [-0.39, 0.29) is 6.04 Å². The molecule has 20 heavy (non-hydrogen) atoms. The van der Waals surface area contributed by atoms with Crippen LogP contribution in [0.2, 0.25) is 0 Å². The summed E-state index contributed by atoms with van der Waals surface area (Å²) in [6, 6.07) is 3.36. The first-order valence-corrected chi connectivity index (χ1v) is 6.69. The quantitative estimate of drug-likeness (QED) is 0.917. The van der Waals surface area contributed by atoms with E-state index in [1.165, 1.54) is 12.1 Å². The van der Waals surface area contributed by atoms with E-state index in [9.17, 15) is 8.78 Å². The maximum Gasteiger partial charge on any atom is 0.128 e. The second-order valence-corrected chi connectivity index (χ2v) is 4.92. The minimum absolute atomic E-state index is 0.0727. The predicted octanol–water partition coefficient (Wildman–Crippen LogP) is 3.97. The van der Waals surface area contributed by atoms with Crippen LogP contribution in [0.25, 0.3) is 0 Å². The Morgan fingerprint density at radius 2 is 1.80 bits per heavy atom. The van der Waals surface area contributed by atoms with Gasteiger partial charge in [0.2, 0.25) is 0 Å². The van der Waals surface area contributed by atoms with Gasteiger partial charge in [0.25, 0.3) is 0 Å². The molecule has 2 aromatic rings. The number of aromatic nitrogens is 2. The Kier molecular flexibility index (Phi) is 4.06. The second kappa shape index (κ2) is 5.61. The molecule has 0 radical (unpaired) electrons. The summed E-state index contributed by atoms with van der Waals surface area (Å²) >= 11 is 0. The van der Waals surface area contributed by atoms with Crippen LogP contribution in [0.4, 0.5) is 14.5 Å². The van der Waals surface area contributed by atoms with E-state index in [0.717, 1.165) is 29.6 Å². The third-order valence-electron chi connectivity index (χ3n) is 3.42. The van der Waals surface area contributed by atoms with E-state index >= 15 is 0 Å². The molecule has 0 saturated heterocycles. The topological polar surface area (TPSA) is 29.9 Å². The highest BCUT2D eigenvalue weighted by Crippen LogP contribution is 2.25. The van der Waals surface area contributed by atoms with Gasteiger partial charge in [-0.05, 0) is 39.8 Å². The van der Waals surface area contributed by atoms with E-state index in [1.807, 2.05) is 32.4 Å². The van der Waals surface area contributed by atoms with Crippen LogP contribution in [0.15, 0.2) is 18.2 Å². The molecule has 0 aliphatic rings. The van der Waals surface area contributed by atoms with Crippen molar-refractivity contribution < 1.29 is 8.78 Å². The van der Waals surface area contributed by atoms with Crippen molar-refractivity contribution in [3.8, 4) is 0 Å². The summed E-state index contributed by atoms with van der Waals surface area (Å²) in [7, 11) is 0. The van der Waals surface area contributed by atoms with Gasteiger partial charge in [0.1, 0.15) is 11.6 Å². The number of halogens is 2. The minimum atomic E-state index is -0.586. The van der Waals surface area contributed by atoms with Crippen molar-refractivity contribution >= 4 is 5.69 Å². The molecule has 1 heterocycles. The first kappa shape index (κ1) is 14.5. The van der Waals surface area contributed by atoms with Crippen LogP contribution >= 0.6 is 0 Å². The van der Waals surface area contributed by atoms with Crippen LogP contribution in [0.3, 0.4) is 0 Å². The van der Waals surface area contributed by atoms with Crippen molar-refractivity contribution in [1.29, 1.82) is 0 Å². The van der Waals surface area contributed by atoms with Crippen molar-refractivity contribution in [3.05, 3.63) is 46.8 Å². The Bertz CT molecular complexity index is 600. The molecule has 0 saturated carbocycles. The molecular weight excluding hydrogens is 260 g/mol. The first-order chi connectivity index (χ1) is 9.42. The molecule has 1 unspecified atom stereocenters. The van der Waals surface area contributed by atoms with Crippen LogP contribution in [-0.4, -0.2) is 9.78 Å². The van der Waals surface area contributed by atoms with Gasteiger partial charge in [-0.15, -0.1) is 0 Å². The molecule has 0 bridgehead atoms. The number of anilines is 1. The van der Waals surface area contributed by atoms with Crippen molar-refractivity contribution in [3.63, 3.8) is 0 Å². The zero-order valence-electron chi connectivity index (χ0n) is 12.2. The number of benzene rings is 1. The van der Waals surface area contributed by atoms with E-state index in [2.05, 4.69) is 10.4 Å². The molecule has 1 aromatic heterocycles. The van der Waals surface area contributed by atoms with Crippen LogP contribution < -0.4 is 5.32 Å². The van der Waals surface area contributed by atoms with Gasteiger partial charge in [-0.3, -0.25) is 4.68 Å². The number of hydrogen-bond acceptors (Lipinski definition) is 2. The monoisotopic (exact) mass is 279 g/mol. The van der Waals surface area contributed by atoms with Crippen LogP contribution in [0.5, 0.6) is 0 Å². The fourth-order valence-corrected chi connectivity index (χ4v) is 2.60. The lowest BCUT2D eigenvalue weighted by molar-refractivity contribution is 0.583. The zero-order chi connectivity index (χ0) is 14.9. The molecule has 0 amide bonds. The molecular formula is C15H19F2N3. The standard InChI is InChI=1S/C15H19F2N3/c1-5-20-11(4)15(10(3)19-20)9(2)18-14-7-12(16)6-13(17)8-14/h6-9,18H,5H2,1-4H3. The molecule has 0 spiro atoms. The van der Waals surface area contributed by atoms with E-state index in [4.69, 9.17) is 0 Å². The summed E-state index contributed by atoms with van der Waals surface area (Å²) in [4.78, 5) is 0. The molecule has 108 valence electrons. The van der Waals surface area contributed by atoms with Gasteiger partial charge in [0, 0.05) is 29.6 Å². The van der Waals surface area contributed by atoms with Crippen molar-refractivity contribution in [1.82, 2.24) is 9.78 Å². The number of nitrogens with one attached hydrogen (secondary N) is 1. The normalized spacial score (nSPS) is 12.5. The SMILES string of the molecule is CCn1nc(C)c(C(C)Nc2cc(F)cc(F)c2)c1C. The minimum Gasteiger partial charge on any atom is -0.378 e. The average molecular weight is 279 g/mol. The highest BCUT2D eigenvalue weighted by atomic mass is 19.1. The molecule has 3 nitrogen and oxygen atoms in total. The van der Waals surface area contributed by atoms with E-state index in [0.29, 0.717) is 5.69 Å². The van der Waals surface area contributed by atoms with Crippen LogP contribution in [0, 0.1) is 25.5 Å². The zero-order valence-corrected chi connectivity index (χ0v) is 12.2. The Balaban J connectivity index is 2.28. The Hall–Kier alpha value is -1.91. The molecule has 1 atom stereocenters. The number of aryl methyl sites for hydroxylation is 2. The summed E-state index contributed by atoms with van der Waals surface area (Å²) in [6.07, 6.45) is 0. The molecule has 2 rings (SSSR count). The summed E-state index contributed by atoms with van der Waals surface area (Å²) in [6.45, 7) is 8.74. The smallest absolute Gasteiger partial charge is 0.128 e. The summed E-state index contributed by atoms with van der Waals surface area (Å²) in [5, 5.41) is 7.58. The summed E-state index contributed by atoms with van der Waals surface area (Å²) < 4.78 is 28.3. The molecule has 1 aromatic carbocycles. The van der Waals surface area contributed by atoms with Gasteiger partial charge >= 0.3 is 0 Å².